The Morgan fingerprint density at radius 2 is 1.82 bits per heavy atom. The van der Waals surface area contributed by atoms with Crippen molar-refractivity contribution in [3.8, 4) is 0 Å². The summed E-state index contributed by atoms with van der Waals surface area (Å²) in [5, 5.41) is 3.55. The zero-order valence-corrected chi connectivity index (χ0v) is 13.1. The third-order valence-corrected chi connectivity index (χ3v) is 4.61. The number of anilines is 1. The number of hydrogen-bond donors (Lipinski definition) is 0. The van der Waals surface area contributed by atoms with Crippen molar-refractivity contribution in [3.05, 3.63) is 30.3 Å². The van der Waals surface area contributed by atoms with Crippen molar-refractivity contribution in [2.45, 2.75) is 25.7 Å². The first kappa shape index (κ1) is 14.9. The van der Waals surface area contributed by atoms with Gasteiger partial charge in [-0.15, -0.1) is 0 Å². The molecule has 2 aliphatic rings. The summed E-state index contributed by atoms with van der Waals surface area (Å²) < 4.78 is 0. The minimum Gasteiger partial charge on any atom is -0.342 e. The number of nitrogens with zero attached hydrogens (tertiary/aromatic N) is 3. The molecular formula is C17H23N3O2. The molecule has 118 valence electrons. The molecule has 2 fully saturated rings. The number of hydrogen-bond acceptors (Lipinski definition) is 3. The van der Waals surface area contributed by atoms with Gasteiger partial charge in [-0.1, -0.05) is 18.2 Å². The van der Waals surface area contributed by atoms with Crippen LogP contribution >= 0.6 is 0 Å². The smallest absolute Gasteiger partial charge is 0.241 e. The molecule has 1 unspecified atom stereocenters. The molecule has 0 N–H and O–H groups in total. The van der Waals surface area contributed by atoms with Gasteiger partial charge in [0.1, 0.15) is 0 Å². The predicted molar refractivity (Wildman–Crippen MR) is 85.1 cm³/mol. The van der Waals surface area contributed by atoms with Crippen LogP contribution in [0.1, 0.15) is 25.7 Å². The second-order valence-corrected chi connectivity index (χ2v) is 6.12. The first-order chi connectivity index (χ1) is 10.7. The van der Waals surface area contributed by atoms with Crippen LogP contribution in [0.5, 0.6) is 0 Å². The van der Waals surface area contributed by atoms with Crippen LogP contribution in [0.25, 0.3) is 0 Å². The highest BCUT2D eigenvalue weighted by Gasteiger charge is 2.38. The summed E-state index contributed by atoms with van der Waals surface area (Å²) in [6.07, 6.45) is 3.70. The number of hydrazine groups is 1. The van der Waals surface area contributed by atoms with Crippen LogP contribution in [0.3, 0.4) is 0 Å². The van der Waals surface area contributed by atoms with Gasteiger partial charge in [0, 0.05) is 26.6 Å². The van der Waals surface area contributed by atoms with Crippen molar-refractivity contribution >= 4 is 17.5 Å². The number of carbonyl (C=O) groups excluding carboxylic acids is 2. The molecule has 5 heteroatoms. The Hall–Kier alpha value is -2.04. The monoisotopic (exact) mass is 301 g/mol. The number of likely N-dealkylation sites (tertiary alicyclic amines) is 1. The lowest BCUT2D eigenvalue weighted by molar-refractivity contribution is -0.136. The maximum absolute atomic E-state index is 12.6. The predicted octanol–water partition coefficient (Wildman–Crippen LogP) is 1.90. The second-order valence-electron chi connectivity index (χ2n) is 6.12. The van der Waals surface area contributed by atoms with Crippen molar-refractivity contribution < 1.29 is 9.59 Å². The van der Waals surface area contributed by atoms with E-state index in [0.717, 1.165) is 31.6 Å². The van der Waals surface area contributed by atoms with Gasteiger partial charge >= 0.3 is 0 Å². The Balaban J connectivity index is 1.66. The molecule has 1 aromatic carbocycles. The van der Waals surface area contributed by atoms with Gasteiger partial charge in [0.15, 0.2) is 0 Å². The lowest BCUT2D eigenvalue weighted by Gasteiger charge is -2.31. The maximum Gasteiger partial charge on any atom is 0.241 e. The molecule has 0 radical (unpaired) electrons. The standard InChI is InChI=1S/C17H23N3O2/c1-18(15-8-4-2-5-9-15)20-13-14(12-16(20)21)17(22)19-10-6-3-7-11-19/h2,4-5,8-9,14H,3,6-7,10-13H2,1H3. The number of amides is 2. The lowest BCUT2D eigenvalue weighted by atomic mass is 10.0. The van der Waals surface area contributed by atoms with E-state index in [1.165, 1.54) is 6.42 Å². The summed E-state index contributed by atoms with van der Waals surface area (Å²) in [6.45, 7) is 2.18. The van der Waals surface area contributed by atoms with E-state index < -0.39 is 0 Å². The third-order valence-electron chi connectivity index (χ3n) is 4.61. The first-order valence-corrected chi connectivity index (χ1v) is 8.04. The molecule has 2 heterocycles. The summed E-state index contributed by atoms with van der Waals surface area (Å²) in [5.74, 6) is -0.0181. The topological polar surface area (TPSA) is 43.9 Å². The van der Waals surface area contributed by atoms with E-state index in [2.05, 4.69) is 0 Å². The van der Waals surface area contributed by atoms with E-state index in [0.29, 0.717) is 13.0 Å². The van der Waals surface area contributed by atoms with Gasteiger partial charge in [-0.3, -0.25) is 19.6 Å². The van der Waals surface area contributed by atoms with E-state index in [9.17, 15) is 9.59 Å². The lowest BCUT2D eigenvalue weighted by Crippen LogP contribution is -2.43. The third kappa shape index (κ3) is 2.93. The van der Waals surface area contributed by atoms with Gasteiger partial charge in [0.2, 0.25) is 11.8 Å². The van der Waals surface area contributed by atoms with Crippen LogP contribution in [-0.4, -0.2) is 48.4 Å². The number of rotatable bonds is 3. The minimum absolute atomic E-state index is 0.0294. The maximum atomic E-state index is 12.6. The fourth-order valence-corrected chi connectivity index (χ4v) is 3.30. The van der Waals surface area contributed by atoms with E-state index in [4.69, 9.17) is 0 Å². The van der Waals surface area contributed by atoms with Gasteiger partial charge in [-0.2, -0.15) is 0 Å². The van der Waals surface area contributed by atoms with E-state index in [1.54, 1.807) is 5.01 Å². The zero-order chi connectivity index (χ0) is 15.5. The molecule has 1 aromatic rings. The number of piperidine rings is 1. The normalized spacial score (nSPS) is 22.0. The highest BCUT2D eigenvalue weighted by Crippen LogP contribution is 2.25. The number of benzene rings is 1. The molecule has 0 aliphatic carbocycles. The van der Waals surface area contributed by atoms with Gasteiger partial charge in [0.25, 0.3) is 0 Å². The molecule has 2 amide bonds. The summed E-state index contributed by atoms with van der Waals surface area (Å²) in [7, 11) is 1.88. The van der Waals surface area contributed by atoms with Crippen LogP contribution in [0.4, 0.5) is 5.69 Å². The SMILES string of the molecule is CN(c1ccccc1)N1CC(C(=O)N2CCCCC2)CC1=O. The van der Waals surface area contributed by atoms with Crippen LogP contribution in [-0.2, 0) is 9.59 Å². The Morgan fingerprint density at radius 1 is 1.14 bits per heavy atom. The first-order valence-electron chi connectivity index (χ1n) is 8.04. The van der Waals surface area contributed by atoms with Crippen LogP contribution < -0.4 is 5.01 Å². The Bertz CT molecular complexity index is 540. The summed E-state index contributed by atoms with van der Waals surface area (Å²) in [4.78, 5) is 26.8. The average Bonchev–Trinajstić information content (AvgIpc) is 2.97. The summed E-state index contributed by atoms with van der Waals surface area (Å²) in [5.41, 5.74) is 0.960. The van der Waals surface area contributed by atoms with E-state index >= 15 is 0 Å². The Labute approximate surface area is 131 Å². The van der Waals surface area contributed by atoms with Gasteiger partial charge in [-0.25, -0.2) is 0 Å². The van der Waals surface area contributed by atoms with E-state index in [-0.39, 0.29) is 17.7 Å². The quantitative estimate of drug-likeness (QED) is 0.856. The number of para-hydroxylation sites is 1. The fraction of sp³-hybridized carbons (Fsp3) is 0.529. The summed E-state index contributed by atoms with van der Waals surface area (Å²) >= 11 is 0. The van der Waals surface area contributed by atoms with Crippen molar-refractivity contribution in [1.82, 2.24) is 9.91 Å². The molecule has 2 aliphatic heterocycles. The highest BCUT2D eigenvalue weighted by molar-refractivity contribution is 5.90. The fourth-order valence-electron chi connectivity index (χ4n) is 3.30. The van der Waals surface area contributed by atoms with Gasteiger partial charge < -0.3 is 4.90 Å². The highest BCUT2D eigenvalue weighted by atomic mass is 16.2. The van der Waals surface area contributed by atoms with Gasteiger partial charge in [0.05, 0.1) is 18.2 Å². The molecule has 0 spiro atoms. The second kappa shape index (κ2) is 6.38. The molecular weight excluding hydrogens is 278 g/mol. The molecule has 22 heavy (non-hydrogen) atoms. The van der Waals surface area contributed by atoms with Crippen LogP contribution in [0.15, 0.2) is 30.3 Å². The van der Waals surface area contributed by atoms with Crippen LogP contribution in [0.2, 0.25) is 0 Å². The Kier molecular flexibility index (Phi) is 4.32. The van der Waals surface area contributed by atoms with Crippen molar-refractivity contribution in [1.29, 1.82) is 0 Å². The van der Waals surface area contributed by atoms with Crippen molar-refractivity contribution in [2.24, 2.45) is 5.92 Å². The Morgan fingerprint density at radius 3 is 2.50 bits per heavy atom. The summed E-state index contributed by atoms with van der Waals surface area (Å²) in [6, 6.07) is 9.78. The molecule has 0 bridgehead atoms. The van der Waals surface area contributed by atoms with Gasteiger partial charge in [-0.05, 0) is 31.4 Å². The molecule has 0 aromatic heterocycles. The minimum atomic E-state index is -0.197. The molecule has 2 saturated heterocycles. The van der Waals surface area contributed by atoms with Crippen molar-refractivity contribution in [2.75, 3.05) is 31.7 Å². The van der Waals surface area contributed by atoms with E-state index in [1.807, 2.05) is 47.3 Å². The molecule has 0 saturated carbocycles. The average molecular weight is 301 g/mol. The largest absolute Gasteiger partial charge is 0.342 e. The molecule has 5 nitrogen and oxygen atoms in total. The molecule has 3 rings (SSSR count). The van der Waals surface area contributed by atoms with Crippen LogP contribution in [0, 0.1) is 5.92 Å². The zero-order valence-electron chi connectivity index (χ0n) is 13.1. The number of carbonyl (C=O) groups is 2. The molecule has 1 atom stereocenters. The van der Waals surface area contributed by atoms with Crippen molar-refractivity contribution in [3.63, 3.8) is 0 Å².